The predicted molar refractivity (Wildman–Crippen MR) is 143 cm³/mol. The number of likely N-dealkylation sites (N-methyl/N-ethyl adjacent to an activating group) is 1. The number of hydrogen-bond donors (Lipinski definition) is 1. The van der Waals surface area contributed by atoms with Crippen LogP contribution in [0.4, 0.5) is 5.82 Å². The quantitative estimate of drug-likeness (QED) is 0.403. The second kappa shape index (κ2) is 8.14. The van der Waals surface area contributed by atoms with Crippen LogP contribution in [-0.4, -0.2) is 49.0 Å². The summed E-state index contributed by atoms with van der Waals surface area (Å²) in [6, 6.07) is 11.7. The van der Waals surface area contributed by atoms with Crippen LogP contribution in [0.2, 0.25) is 0 Å². The number of ether oxygens (including phenoxy) is 1. The molecular weight excluding hydrogens is 466 g/mol. The summed E-state index contributed by atoms with van der Waals surface area (Å²) in [5, 5.41) is 10.3. The van der Waals surface area contributed by atoms with Gasteiger partial charge in [-0.05, 0) is 54.8 Å². The Labute approximate surface area is 214 Å². The first kappa shape index (κ1) is 23.2. The zero-order valence-electron chi connectivity index (χ0n) is 21.6. The minimum Gasteiger partial charge on any atom is -0.383 e. The number of anilines is 1. The van der Waals surface area contributed by atoms with E-state index in [1.165, 1.54) is 0 Å². The lowest BCUT2D eigenvalue weighted by Gasteiger charge is -2.41. The van der Waals surface area contributed by atoms with E-state index in [4.69, 9.17) is 10.5 Å². The minimum absolute atomic E-state index is 0.0929. The Hall–Kier alpha value is -4.24. The van der Waals surface area contributed by atoms with Crippen molar-refractivity contribution in [1.29, 1.82) is 0 Å². The highest BCUT2D eigenvalue weighted by molar-refractivity contribution is 6.10. The van der Waals surface area contributed by atoms with E-state index in [2.05, 4.69) is 47.2 Å². The summed E-state index contributed by atoms with van der Waals surface area (Å²) >= 11 is 0. The Balaban J connectivity index is 1.39. The number of nitrogen functional groups attached to an aromatic ring is 1. The average molecular weight is 496 g/mol. The summed E-state index contributed by atoms with van der Waals surface area (Å²) < 4.78 is 9.86. The van der Waals surface area contributed by atoms with E-state index >= 15 is 0 Å². The Morgan fingerprint density at radius 2 is 1.89 bits per heavy atom. The van der Waals surface area contributed by atoms with Crippen LogP contribution < -0.4 is 5.73 Å². The average Bonchev–Trinajstić information content (AvgIpc) is 3.49. The third-order valence-corrected chi connectivity index (χ3v) is 7.44. The van der Waals surface area contributed by atoms with E-state index < -0.39 is 5.60 Å². The van der Waals surface area contributed by atoms with Crippen molar-refractivity contribution in [2.45, 2.75) is 25.5 Å². The molecule has 0 aliphatic carbocycles. The Bertz CT molecular complexity index is 1700. The van der Waals surface area contributed by atoms with Gasteiger partial charge in [0.2, 0.25) is 0 Å². The summed E-state index contributed by atoms with van der Waals surface area (Å²) in [5.41, 5.74) is 12.1. The molecule has 1 atom stereocenters. The molecule has 0 radical (unpaired) electrons. The first-order valence-electron chi connectivity index (χ1n) is 12.2. The molecule has 9 heteroatoms. The highest BCUT2D eigenvalue weighted by atomic mass is 16.5. The van der Waals surface area contributed by atoms with Crippen molar-refractivity contribution in [1.82, 2.24) is 29.4 Å². The maximum atomic E-state index is 13.8. The molecule has 0 spiro atoms. The molecule has 6 rings (SSSR count). The third-order valence-electron chi connectivity index (χ3n) is 7.44. The zero-order valence-corrected chi connectivity index (χ0v) is 21.6. The summed E-state index contributed by atoms with van der Waals surface area (Å²) in [7, 11) is 5.60. The van der Waals surface area contributed by atoms with Gasteiger partial charge in [-0.2, -0.15) is 10.2 Å². The van der Waals surface area contributed by atoms with E-state index in [9.17, 15) is 4.79 Å². The lowest BCUT2D eigenvalue weighted by Crippen LogP contribution is -2.41. The fourth-order valence-corrected chi connectivity index (χ4v) is 5.33. The predicted octanol–water partition coefficient (Wildman–Crippen LogP) is 4.18. The lowest BCUT2D eigenvalue weighted by atomic mass is 9.84. The van der Waals surface area contributed by atoms with Gasteiger partial charge >= 0.3 is 0 Å². The maximum absolute atomic E-state index is 13.8. The van der Waals surface area contributed by atoms with Crippen molar-refractivity contribution in [2.24, 2.45) is 14.1 Å². The van der Waals surface area contributed by atoms with Crippen LogP contribution in [0.25, 0.3) is 32.9 Å². The molecule has 5 aromatic rings. The van der Waals surface area contributed by atoms with Gasteiger partial charge in [0.15, 0.2) is 0 Å². The summed E-state index contributed by atoms with van der Waals surface area (Å²) in [5.74, 6) is 0.334. The number of nitrogens with two attached hydrogens (primary N) is 1. The Kier molecular flexibility index (Phi) is 5.10. The van der Waals surface area contributed by atoms with Gasteiger partial charge in [-0.15, -0.1) is 0 Å². The van der Waals surface area contributed by atoms with Gasteiger partial charge in [-0.3, -0.25) is 14.2 Å². The Morgan fingerprint density at radius 3 is 2.65 bits per heavy atom. The topological polar surface area (TPSA) is 104 Å². The molecule has 1 amide bonds. The van der Waals surface area contributed by atoms with E-state index in [1.807, 2.05) is 45.7 Å². The number of nitrogens with zero attached hydrogens (tertiary/aromatic N) is 6. The van der Waals surface area contributed by atoms with Gasteiger partial charge in [-0.1, -0.05) is 12.1 Å². The minimum atomic E-state index is -0.479. The van der Waals surface area contributed by atoms with Gasteiger partial charge < -0.3 is 15.4 Å². The number of carbonyl (C=O) groups is 1. The lowest BCUT2D eigenvalue weighted by molar-refractivity contribution is -0.0611. The number of amides is 1. The largest absolute Gasteiger partial charge is 0.383 e. The molecule has 1 aliphatic rings. The molecule has 0 fully saturated rings. The summed E-state index contributed by atoms with van der Waals surface area (Å²) in [6.45, 7) is 4.54. The molecule has 0 saturated carbocycles. The van der Waals surface area contributed by atoms with Gasteiger partial charge in [0.05, 0.1) is 47.1 Å². The molecular formula is C28H29N7O2. The monoisotopic (exact) mass is 495 g/mol. The molecule has 0 bridgehead atoms. The van der Waals surface area contributed by atoms with Gasteiger partial charge in [0.1, 0.15) is 5.82 Å². The van der Waals surface area contributed by atoms with Crippen molar-refractivity contribution in [3.8, 4) is 11.1 Å². The normalized spacial score (nSPS) is 16.7. The maximum Gasteiger partial charge on any atom is 0.254 e. The number of benzene rings is 2. The fraction of sp³-hybridized carbons (Fsp3) is 0.286. The number of aryl methyl sites for hydroxylation is 2. The van der Waals surface area contributed by atoms with Crippen LogP contribution in [0.15, 0.2) is 55.0 Å². The summed E-state index contributed by atoms with van der Waals surface area (Å²) in [4.78, 5) is 20.0. The van der Waals surface area contributed by atoms with Crippen LogP contribution in [0.1, 0.15) is 41.4 Å². The molecule has 1 aliphatic heterocycles. The van der Waals surface area contributed by atoms with Gasteiger partial charge in [0.25, 0.3) is 5.91 Å². The van der Waals surface area contributed by atoms with Gasteiger partial charge in [-0.25, -0.2) is 4.98 Å². The van der Waals surface area contributed by atoms with Crippen LogP contribution in [-0.2, 0) is 24.4 Å². The van der Waals surface area contributed by atoms with Gasteiger partial charge in [0, 0.05) is 43.9 Å². The molecule has 2 aromatic carbocycles. The number of aromatic nitrogens is 5. The first-order chi connectivity index (χ1) is 17.6. The van der Waals surface area contributed by atoms with Crippen LogP contribution in [0, 0.1) is 0 Å². The molecule has 9 nitrogen and oxygen atoms in total. The fourth-order valence-electron chi connectivity index (χ4n) is 5.33. The number of rotatable bonds is 3. The van der Waals surface area contributed by atoms with Crippen LogP contribution in [0.3, 0.4) is 0 Å². The van der Waals surface area contributed by atoms with Crippen molar-refractivity contribution in [2.75, 3.05) is 19.4 Å². The number of hydrogen-bond acceptors (Lipinski definition) is 6. The molecule has 37 heavy (non-hydrogen) atoms. The highest BCUT2D eigenvalue weighted by Gasteiger charge is 2.37. The van der Waals surface area contributed by atoms with Crippen molar-refractivity contribution in [3.63, 3.8) is 0 Å². The second-order valence-electron chi connectivity index (χ2n) is 10.2. The van der Waals surface area contributed by atoms with Crippen LogP contribution in [0.5, 0.6) is 0 Å². The molecule has 0 saturated heterocycles. The van der Waals surface area contributed by atoms with E-state index in [1.54, 1.807) is 26.5 Å². The number of carbonyl (C=O) groups excluding carboxylic acids is 1. The van der Waals surface area contributed by atoms with E-state index in [0.717, 1.165) is 44.1 Å². The smallest absolute Gasteiger partial charge is 0.254 e. The number of pyridine rings is 1. The molecule has 1 unspecified atom stereocenters. The SMILES string of the molecule is CN(C(=O)c1ccc2nc(N)c3cnn(C)c3c2c1)C1COC(C)(C)c2cc(-c3cnn(C)c3)ccc21. The standard InChI is InChI=1S/C28H29N7O2/c1-28(2)22-11-16(18-12-30-33(3)14-18)6-8-19(22)24(15-37-28)34(4)27(36)17-7-9-23-20(10-17)25-21(26(29)32-23)13-31-35(25)5/h6-14,24H,15H2,1-5H3,(H2,29,32). The highest BCUT2D eigenvalue weighted by Crippen LogP contribution is 2.41. The number of fused-ring (bicyclic) bond motifs is 4. The molecule has 3 aromatic heterocycles. The van der Waals surface area contributed by atoms with E-state index in [-0.39, 0.29) is 11.9 Å². The third kappa shape index (κ3) is 3.65. The van der Waals surface area contributed by atoms with Crippen molar-refractivity contribution < 1.29 is 9.53 Å². The Morgan fingerprint density at radius 1 is 1.08 bits per heavy atom. The molecule has 2 N–H and O–H groups in total. The first-order valence-corrected chi connectivity index (χ1v) is 12.2. The van der Waals surface area contributed by atoms with E-state index in [0.29, 0.717) is 18.0 Å². The second-order valence-corrected chi connectivity index (χ2v) is 10.2. The molecule has 4 heterocycles. The van der Waals surface area contributed by atoms with Crippen molar-refractivity contribution >= 4 is 33.5 Å². The van der Waals surface area contributed by atoms with Crippen LogP contribution >= 0.6 is 0 Å². The molecule has 188 valence electrons. The zero-order chi connectivity index (χ0) is 26.1. The summed E-state index contributed by atoms with van der Waals surface area (Å²) in [6.07, 6.45) is 5.55. The van der Waals surface area contributed by atoms with Crippen molar-refractivity contribution in [3.05, 3.63) is 71.7 Å².